The van der Waals surface area contributed by atoms with Gasteiger partial charge in [0.05, 0.1) is 11.8 Å². The van der Waals surface area contributed by atoms with Gasteiger partial charge in [0.1, 0.15) is 0 Å². The van der Waals surface area contributed by atoms with Crippen LogP contribution >= 0.6 is 0 Å². The van der Waals surface area contributed by atoms with Gasteiger partial charge in [0.2, 0.25) is 11.8 Å². The van der Waals surface area contributed by atoms with Gasteiger partial charge < -0.3 is 9.80 Å². The van der Waals surface area contributed by atoms with E-state index in [1.54, 1.807) is 0 Å². The largest absolute Gasteiger partial charge is 0.336 e. The highest BCUT2D eigenvalue weighted by atomic mass is 16.2. The Balaban J connectivity index is 1.44. The van der Waals surface area contributed by atoms with Crippen LogP contribution in [0.3, 0.4) is 0 Å². The summed E-state index contributed by atoms with van der Waals surface area (Å²) < 4.78 is 0. The van der Waals surface area contributed by atoms with Crippen molar-refractivity contribution in [3.63, 3.8) is 0 Å². The summed E-state index contributed by atoms with van der Waals surface area (Å²) in [6.07, 6.45) is 1.58. The first-order valence-corrected chi connectivity index (χ1v) is 9.80. The number of fused-ring (bicyclic) bond motifs is 1. The molecule has 27 heavy (non-hydrogen) atoms. The predicted octanol–water partition coefficient (Wildman–Crippen LogP) is 3.65. The zero-order valence-corrected chi connectivity index (χ0v) is 16.0. The fourth-order valence-corrected chi connectivity index (χ4v) is 4.02. The lowest BCUT2D eigenvalue weighted by Gasteiger charge is -2.27. The highest BCUT2D eigenvalue weighted by Crippen LogP contribution is 2.44. The van der Waals surface area contributed by atoms with Crippen molar-refractivity contribution in [3.05, 3.63) is 65.7 Å². The first-order chi connectivity index (χ1) is 13.1. The lowest BCUT2D eigenvalue weighted by Crippen LogP contribution is -2.39. The molecule has 0 N–H and O–H groups in total. The number of anilines is 1. The van der Waals surface area contributed by atoms with Crippen molar-refractivity contribution in [2.45, 2.75) is 39.3 Å². The van der Waals surface area contributed by atoms with Crippen LogP contribution in [0.1, 0.15) is 31.4 Å². The van der Waals surface area contributed by atoms with Crippen LogP contribution in [0.2, 0.25) is 0 Å². The Morgan fingerprint density at radius 3 is 2.48 bits per heavy atom. The van der Waals surface area contributed by atoms with E-state index in [9.17, 15) is 9.59 Å². The second-order valence-electron chi connectivity index (χ2n) is 7.86. The summed E-state index contributed by atoms with van der Waals surface area (Å²) in [4.78, 5) is 29.9. The molecule has 140 valence electrons. The molecule has 2 aromatic rings. The van der Waals surface area contributed by atoms with Crippen molar-refractivity contribution in [2.24, 2.45) is 11.8 Å². The second-order valence-corrected chi connectivity index (χ2v) is 7.86. The van der Waals surface area contributed by atoms with E-state index in [1.807, 2.05) is 72.2 Å². The highest BCUT2D eigenvalue weighted by molar-refractivity contribution is 6.02. The molecule has 4 heteroatoms. The summed E-state index contributed by atoms with van der Waals surface area (Å²) in [5.41, 5.74) is 3.37. The van der Waals surface area contributed by atoms with Crippen molar-refractivity contribution in [1.82, 2.24) is 4.90 Å². The maximum atomic E-state index is 13.1. The zero-order chi connectivity index (χ0) is 19.0. The molecule has 0 aromatic heterocycles. The summed E-state index contributed by atoms with van der Waals surface area (Å²) in [5, 5.41) is 0. The SMILES string of the molecule is CC(C)N(Cc1ccccc1)C(=O)C1CC1C(=O)N1CCc2ccccc21. The van der Waals surface area contributed by atoms with Crippen LogP contribution in [0.25, 0.3) is 0 Å². The molecule has 0 spiro atoms. The number of carbonyl (C=O) groups is 2. The van der Waals surface area contributed by atoms with Crippen LogP contribution in [0.4, 0.5) is 5.69 Å². The van der Waals surface area contributed by atoms with Crippen LogP contribution in [0, 0.1) is 11.8 Å². The minimum atomic E-state index is -0.170. The van der Waals surface area contributed by atoms with E-state index in [0.29, 0.717) is 13.0 Å². The van der Waals surface area contributed by atoms with E-state index in [0.717, 1.165) is 24.2 Å². The van der Waals surface area contributed by atoms with Gasteiger partial charge in [-0.25, -0.2) is 0 Å². The summed E-state index contributed by atoms with van der Waals surface area (Å²) in [6, 6.07) is 18.2. The molecular weight excluding hydrogens is 336 g/mol. The van der Waals surface area contributed by atoms with Gasteiger partial charge in [-0.15, -0.1) is 0 Å². The summed E-state index contributed by atoms with van der Waals surface area (Å²) in [5.74, 6) is -0.113. The number of nitrogens with zero attached hydrogens (tertiary/aromatic N) is 2. The Labute approximate surface area is 160 Å². The third-order valence-corrected chi connectivity index (χ3v) is 5.68. The molecular formula is C23H26N2O2. The third-order valence-electron chi connectivity index (χ3n) is 5.68. The van der Waals surface area contributed by atoms with Crippen molar-refractivity contribution < 1.29 is 9.59 Å². The van der Waals surface area contributed by atoms with Gasteiger partial charge in [0, 0.05) is 24.8 Å². The standard InChI is InChI=1S/C23H26N2O2/c1-16(2)25(15-17-8-4-3-5-9-17)23(27)20-14-19(20)22(26)24-13-12-18-10-6-7-11-21(18)24/h3-11,16,19-20H,12-15H2,1-2H3. The molecule has 1 aliphatic carbocycles. The number of hydrogen-bond acceptors (Lipinski definition) is 2. The maximum Gasteiger partial charge on any atom is 0.230 e. The Kier molecular flexibility index (Phi) is 4.73. The van der Waals surface area contributed by atoms with Crippen LogP contribution in [0.5, 0.6) is 0 Å². The smallest absolute Gasteiger partial charge is 0.230 e. The number of carbonyl (C=O) groups excluding carboxylic acids is 2. The number of hydrogen-bond donors (Lipinski definition) is 0. The average molecular weight is 362 g/mol. The molecule has 2 atom stereocenters. The van der Waals surface area contributed by atoms with Crippen LogP contribution in [-0.2, 0) is 22.6 Å². The Morgan fingerprint density at radius 2 is 1.74 bits per heavy atom. The maximum absolute atomic E-state index is 13.1. The molecule has 4 nitrogen and oxygen atoms in total. The lowest BCUT2D eigenvalue weighted by atomic mass is 10.1. The van der Waals surface area contributed by atoms with Gasteiger partial charge >= 0.3 is 0 Å². The number of rotatable bonds is 5. The van der Waals surface area contributed by atoms with Crippen LogP contribution in [-0.4, -0.2) is 29.3 Å². The van der Waals surface area contributed by atoms with Crippen LogP contribution < -0.4 is 4.90 Å². The molecule has 0 saturated heterocycles. The second kappa shape index (κ2) is 7.18. The summed E-state index contributed by atoms with van der Waals surface area (Å²) in [6.45, 7) is 5.41. The number of para-hydroxylation sites is 1. The monoisotopic (exact) mass is 362 g/mol. The first-order valence-electron chi connectivity index (χ1n) is 9.80. The van der Waals surface area contributed by atoms with E-state index in [1.165, 1.54) is 5.56 Å². The molecule has 1 saturated carbocycles. The van der Waals surface area contributed by atoms with Gasteiger partial charge in [-0.05, 0) is 43.9 Å². The third kappa shape index (κ3) is 3.48. The summed E-state index contributed by atoms with van der Waals surface area (Å²) >= 11 is 0. The number of amides is 2. The molecule has 1 heterocycles. The van der Waals surface area contributed by atoms with Crippen LogP contribution in [0.15, 0.2) is 54.6 Å². The molecule has 4 rings (SSSR count). The molecule has 2 aliphatic rings. The van der Waals surface area contributed by atoms with Crippen molar-refractivity contribution in [1.29, 1.82) is 0 Å². The van der Waals surface area contributed by atoms with E-state index < -0.39 is 0 Å². The lowest BCUT2D eigenvalue weighted by molar-refractivity contribution is -0.136. The van der Waals surface area contributed by atoms with E-state index in [4.69, 9.17) is 0 Å². The van der Waals surface area contributed by atoms with Crippen molar-refractivity contribution >= 4 is 17.5 Å². The molecule has 1 fully saturated rings. The van der Waals surface area contributed by atoms with Gasteiger partial charge in [-0.1, -0.05) is 48.5 Å². The fourth-order valence-electron chi connectivity index (χ4n) is 4.02. The highest BCUT2D eigenvalue weighted by Gasteiger charge is 2.51. The average Bonchev–Trinajstić information content (AvgIpc) is 3.37. The normalized spacial score (nSPS) is 20.5. The topological polar surface area (TPSA) is 40.6 Å². The van der Waals surface area contributed by atoms with E-state index >= 15 is 0 Å². The van der Waals surface area contributed by atoms with Gasteiger partial charge in [-0.3, -0.25) is 9.59 Å². The number of benzene rings is 2. The Bertz CT molecular complexity index is 846. The van der Waals surface area contributed by atoms with E-state index in [-0.39, 0.29) is 29.7 Å². The van der Waals surface area contributed by atoms with Gasteiger partial charge in [0.15, 0.2) is 0 Å². The fraction of sp³-hybridized carbons (Fsp3) is 0.391. The minimum Gasteiger partial charge on any atom is -0.336 e. The zero-order valence-electron chi connectivity index (χ0n) is 16.0. The quantitative estimate of drug-likeness (QED) is 0.815. The van der Waals surface area contributed by atoms with Gasteiger partial charge in [-0.2, -0.15) is 0 Å². The molecule has 2 aromatic carbocycles. The van der Waals surface area contributed by atoms with Crippen molar-refractivity contribution in [2.75, 3.05) is 11.4 Å². The van der Waals surface area contributed by atoms with Crippen molar-refractivity contribution in [3.8, 4) is 0 Å². The molecule has 0 radical (unpaired) electrons. The molecule has 2 amide bonds. The summed E-state index contributed by atoms with van der Waals surface area (Å²) in [7, 11) is 0. The first kappa shape index (κ1) is 17.8. The predicted molar refractivity (Wildman–Crippen MR) is 106 cm³/mol. The van der Waals surface area contributed by atoms with Gasteiger partial charge in [0.25, 0.3) is 0 Å². The Morgan fingerprint density at radius 1 is 1.04 bits per heavy atom. The molecule has 1 aliphatic heterocycles. The Hall–Kier alpha value is -2.62. The minimum absolute atomic E-state index is 0.111. The van der Waals surface area contributed by atoms with E-state index in [2.05, 4.69) is 6.07 Å². The molecule has 0 bridgehead atoms. The molecule has 2 unspecified atom stereocenters.